The second-order valence-electron chi connectivity index (χ2n) is 6.79. The average Bonchev–Trinajstić information content (AvgIpc) is 2.52. The number of urea groups is 1. The van der Waals surface area contributed by atoms with Gasteiger partial charge in [0.15, 0.2) is 0 Å². The predicted octanol–water partition coefficient (Wildman–Crippen LogP) is 2.60. The van der Waals surface area contributed by atoms with Crippen LogP contribution in [0.15, 0.2) is 24.3 Å². The smallest absolute Gasteiger partial charge is 0.319 e. The molecule has 6 heteroatoms. The van der Waals surface area contributed by atoms with Crippen molar-refractivity contribution in [3.63, 3.8) is 0 Å². The summed E-state index contributed by atoms with van der Waals surface area (Å²) in [5.41, 5.74) is 1.14. The van der Waals surface area contributed by atoms with E-state index in [0.717, 1.165) is 0 Å². The molecule has 4 N–H and O–H groups in total. The van der Waals surface area contributed by atoms with Gasteiger partial charge in [-0.2, -0.15) is 0 Å². The van der Waals surface area contributed by atoms with E-state index in [1.165, 1.54) is 0 Å². The van der Waals surface area contributed by atoms with E-state index in [2.05, 4.69) is 16.0 Å². The molecule has 0 aromatic heterocycles. The van der Waals surface area contributed by atoms with Crippen molar-refractivity contribution in [2.24, 2.45) is 11.8 Å². The summed E-state index contributed by atoms with van der Waals surface area (Å²) < 4.78 is 0. The van der Waals surface area contributed by atoms with Crippen LogP contribution in [-0.4, -0.2) is 36.2 Å². The van der Waals surface area contributed by atoms with Crippen LogP contribution in [0.2, 0.25) is 0 Å². The Morgan fingerprint density at radius 3 is 2.17 bits per heavy atom. The maximum Gasteiger partial charge on any atom is 0.319 e. The van der Waals surface area contributed by atoms with Gasteiger partial charge < -0.3 is 21.1 Å². The Morgan fingerprint density at radius 2 is 1.67 bits per heavy atom. The summed E-state index contributed by atoms with van der Waals surface area (Å²) in [4.78, 5) is 23.9. The van der Waals surface area contributed by atoms with Crippen molar-refractivity contribution >= 4 is 17.6 Å². The topological polar surface area (TPSA) is 90.5 Å². The highest BCUT2D eigenvalue weighted by molar-refractivity contribution is 5.95. The quantitative estimate of drug-likeness (QED) is 0.588. The van der Waals surface area contributed by atoms with Gasteiger partial charge in [-0.1, -0.05) is 27.7 Å². The van der Waals surface area contributed by atoms with E-state index in [4.69, 9.17) is 0 Å². The molecule has 1 rings (SSSR count). The molecule has 0 aliphatic heterocycles. The summed E-state index contributed by atoms with van der Waals surface area (Å²) in [5, 5.41) is 17.6. The third-order valence-corrected chi connectivity index (χ3v) is 3.39. The molecule has 1 atom stereocenters. The van der Waals surface area contributed by atoms with Gasteiger partial charge in [0.05, 0.1) is 12.6 Å². The molecule has 0 bridgehead atoms. The largest absolute Gasteiger partial charge is 0.394 e. The van der Waals surface area contributed by atoms with E-state index in [-0.39, 0.29) is 24.6 Å². The van der Waals surface area contributed by atoms with E-state index in [1.54, 1.807) is 24.3 Å². The van der Waals surface area contributed by atoms with Crippen LogP contribution < -0.4 is 16.0 Å². The van der Waals surface area contributed by atoms with Crippen LogP contribution in [0.5, 0.6) is 0 Å². The fraction of sp³-hybridized carbons (Fsp3) is 0.556. The first-order chi connectivity index (χ1) is 11.3. The predicted molar refractivity (Wildman–Crippen MR) is 96.1 cm³/mol. The lowest BCUT2D eigenvalue weighted by Crippen LogP contribution is -2.40. The van der Waals surface area contributed by atoms with Gasteiger partial charge in [0.2, 0.25) is 0 Å². The van der Waals surface area contributed by atoms with Crippen molar-refractivity contribution in [3.8, 4) is 0 Å². The molecule has 24 heavy (non-hydrogen) atoms. The minimum Gasteiger partial charge on any atom is -0.394 e. The van der Waals surface area contributed by atoms with Crippen molar-refractivity contribution in [2.75, 3.05) is 18.5 Å². The Kier molecular flexibility index (Phi) is 8.26. The fourth-order valence-electron chi connectivity index (χ4n) is 2.20. The number of aliphatic hydroxyl groups excluding tert-OH is 1. The summed E-state index contributed by atoms with van der Waals surface area (Å²) in [6.45, 7) is 8.66. The third kappa shape index (κ3) is 7.46. The maximum atomic E-state index is 11.9. The van der Waals surface area contributed by atoms with Crippen molar-refractivity contribution < 1.29 is 14.7 Å². The molecule has 3 amide bonds. The number of aliphatic hydroxyl groups is 1. The van der Waals surface area contributed by atoms with Crippen molar-refractivity contribution in [1.29, 1.82) is 0 Å². The number of amides is 3. The number of benzene rings is 1. The summed E-state index contributed by atoms with van der Waals surface area (Å²) in [5.74, 6) is 0.645. The highest BCUT2D eigenvalue weighted by atomic mass is 16.3. The SMILES string of the molecule is CC(C)CNC(=O)c1ccc(NC(=O)N[C@@H](CO)CC(C)C)cc1. The zero-order valence-electron chi connectivity index (χ0n) is 14.9. The zero-order valence-corrected chi connectivity index (χ0v) is 14.9. The van der Waals surface area contributed by atoms with Crippen molar-refractivity contribution in [1.82, 2.24) is 10.6 Å². The number of rotatable bonds is 8. The van der Waals surface area contributed by atoms with Gasteiger partial charge in [0.25, 0.3) is 5.91 Å². The zero-order chi connectivity index (χ0) is 18.1. The second kappa shape index (κ2) is 9.93. The molecule has 0 saturated heterocycles. The maximum absolute atomic E-state index is 11.9. The van der Waals surface area contributed by atoms with Crippen LogP contribution in [0.1, 0.15) is 44.5 Å². The summed E-state index contributed by atoms with van der Waals surface area (Å²) in [6.07, 6.45) is 0.707. The van der Waals surface area contributed by atoms with Crippen LogP contribution in [0, 0.1) is 11.8 Å². The molecule has 6 nitrogen and oxygen atoms in total. The average molecular weight is 335 g/mol. The summed E-state index contributed by atoms with van der Waals surface area (Å²) in [7, 11) is 0. The van der Waals surface area contributed by atoms with Crippen molar-refractivity contribution in [2.45, 2.75) is 40.2 Å². The lowest BCUT2D eigenvalue weighted by molar-refractivity contribution is 0.0949. The molecular formula is C18H29N3O3. The van der Waals surface area contributed by atoms with Crippen LogP contribution in [-0.2, 0) is 0 Å². The molecule has 0 unspecified atom stereocenters. The Morgan fingerprint density at radius 1 is 1.04 bits per heavy atom. The van der Waals surface area contributed by atoms with Crippen LogP contribution in [0.25, 0.3) is 0 Å². The molecule has 1 aromatic rings. The normalized spacial score (nSPS) is 12.1. The first kappa shape index (κ1) is 20.0. The Hall–Kier alpha value is -2.08. The van der Waals surface area contributed by atoms with Gasteiger partial charge in [0.1, 0.15) is 0 Å². The molecule has 0 aliphatic rings. The standard InChI is InChI=1S/C18H29N3O3/c1-12(2)9-16(11-22)21-18(24)20-15-7-5-14(6-8-15)17(23)19-10-13(3)4/h5-8,12-13,16,22H,9-11H2,1-4H3,(H,19,23)(H2,20,21,24)/t16-/m1/s1. The molecule has 0 aliphatic carbocycles. The molecule has 0 spiro atoms. The molecule has 0 heterocycles. The molecule has 0 radical (unpaired) electrons. The third-order valence-electron chi connectivity index (χ3n) is 3.39. The summed E-state index contributed by atoms with van der Waals surface area (Å²) >= 11 is 0. The Balaban J connectivity index is 2.54. The van der Waals surface area contributed by atoms with E-state index in [1.807, 2.05) is 27.7 Å². The van der Waals surface area contributed by atoms with Gasteiger partial charge >= 0.3 is 6.03 Å². The number of hydrogen-bond donors (Lipinski definition) is 4. The number of nitrogens with one attached hydrogen (secondary N) is 3. The number of anilines is 1. The van der Waals surface area contributed by atoms with Crippen LogP contribution in [0.4, 0.5) is 10.5 Å². The molecule has 0 saturated carbocycles. The lowest BCUT2D eigenvalue weighted by atomic mass is 10.0. The second-order valence-corrected chi connectivity index (χ2v) is 6.79. The highest BCUT2D eigenvalue weighted by Gasteiger charge is 2.13. The van der Waals surface area contributed by atoms with E-state index < -0.39 is 0 Å². The minimum atomic E-state index is -0.369. The molecule has 1 aromatic carbocycles. The number of carbonyl (C=O) groups excluding carboxylic acids is 2. The van der Waals surface area contributed by atoms with E-state index in [9.17, 15) is 14.7 Å². The van der Waals surface area contributed by atoms with E-state index >= 15 is 0 Å². The van der Waals surface area contributed by atoms with Crippen molar-refractivity contribution in [3.05, 3.63) is 29.8 Å². The highest BCUT2D eigenvalue weighted by Crippen LogP contribution is 2.10. The molecule has 134 valence electrons. The molecule has 0 fully saturated rings. The Bertz CT molecular complexity index is 527. The first-order valence-electron chi connectivity index (χ1n) is 8.38. The summed E-state index contributed by atoms with van der Waals surface area (Å²) in [6, 6.07) is 6.06. The van der Waals surface area contributed by atoms with Gasteiger partial charge in [-0.25, -0.2) is 4.79 Å². The number of carbonyl (C=O) groups is 2. The monoisotopic (exact) mass is 335 g/mol. The minimum absolute atomic E-state index is 0.0967. The molecular weight excluding hydrogens is 306 g/mol. The lowest BCUT2D eigenvalue weighted by Gasteiger charge is -2.18. The number of hydrogen-bond acceptors (Lipinski definition) is 3. The van der Waals surface area contributed by atoms with E-state index in [0.29, 0.717) is 36.1 Å². The van der Waals surface area contributed by atoms with Gasteiger partial charge in [0, 0.05) is 17.8 Å². The van der Waals surface area contributed by atoms with Gasteiger partial charge in [-0.05, 0) is 42.5 Å². The first-order valence-corrected chi connectivity index (χ1v) is 8.38. The van der Waals surface area contributed by atoms with Gasteiger partial charge in [-0.15, -0.1) is 0 Å². The Labute approximate surface area is 144 Å². The fourth-order valence-corrected chi connectivity index (χ4v) is 2.20. The van der Waals surface area contributed by atoms with Crippen LogP contribution >= 0.6 is 0 Å². The van der Waals surface area contributed by atoms with Crippen LogP contribution in [0.3, 0.4) is 0 Å². The van der Waals surface area contributed by atoms with Gasteiger partial charge in [-0.3, -0.25) is 4.79 Å².